The van der Waals surface area contributed by atoms with Crippen LogP contribution < -0.4 is 15.4 Å². The normalized spacial score (nSPS) is 24.4. The summed E-state index contributed by atoms with van der Waals surface area (Å²) in [5, 5.41) is 6.91. The minimum Gasteiger partial charge on any atom is -0.481 e. The zero-order valence-electron chi connectivity index (χ0n) is 10.7. The quantitative estimate of drug-likeness (QED) is 0.829. The van der Waals surface area contributed by atoms with Crippen molar-refractivity contribution in [3.8, 4) is 5.88 Å². The Kier molecular flexibility index (Phi) is 3.78. The standard InChI is InChI=1S/C12H20N4O/c1-8-10(5-4-6-13-8)16-11-7-12(17-3)15-9(2)14-11/h7-8,10,13H,4-6H2,1-3H3,(H,14,15,16). The fourth-order valence-electron chi connectivity index (χ4n) is 2.15. The second-order valence-corrected chi connectivity index (χ2v) is 4.48. The molecule has 0 bridgehead atoms. The van der Waals surface area contributed by atoms with Crippen molar-refractivity contribution in [1.29, 1.82) is 0 Å². The lowest BCUT2D eigenvalue weighted by Gasteiger charge is -2.31. The third-order valence-electron chi connectivity index (χ3n) is 3.12. The number of methoxy groups -OCH3 is 1. The molecule has 2 heterocycles. The van der Waals surface area contributed by atoms with E-state index in [4.69, 9.17) is 4.74 Å². The van der Waals surface area contributed by atoms with Crippen molar-refractivity contribution >= 4 is 5.82 Å². The van der Waals surface area contributed by atoms with Crippen LogP contribution >= 0.6 is 0 Å². The van der Waals surface area contributed by atoms with Crippen LogP contribution in [-0.2, 0) is 0 Å². The Morgan fingerprint density at radius 3 is 3.00 bits per heavy atom. The average molecular weight is 236 g/mol. The van der Waals surface area contributed by atoms with Crippen molar-refractivity contribution in [3.05, 3.63) is 11.9 Å². The van der Waals surface area contributed by atoms with E-state index in [1.807, 2.05) is 13.0 Å². The van der Waals surface area contributed by atoms with E-state index in [9.17, 15) is 0 Å². The van der Waals surface area contributed by atoms with Gasteiger partial charge < -0.3 is 15.4 Å². The smallest absolute Gasteiger partial charge is 0.218 e. The van der Waals surface area contributed by atoms with Gasteiger partial charge in [-0.2, -0.15) is 4.98 Å². The summed E-state index contributed by atoms with van der Waals surface area (Å²) in [7, 11) is 1.62. The van der Waals surface area contributed by atoms with Gasteiger partial charge in [0.1, 0.15) is 11.6 Å². The number of anilines is 1. The number of aryl methyl sites for hydroxylation is 1. The molecular weight excluding hydrogens is 216 g/mol. The molecule has 0 aliphatic carbocycles. The van der Waals surface area contributed by atoms with E-state index in [1.165, 1.54) is 12.8 Å². The average Bonchev–Trinajstić information content (AvgIpc) is 2.31. The van der Waals surface area contributed by atoms with Gasteiger partial charge in [-0.25, -0.2) is 4.98 Å². The Morgan fingerprint density at radius 2 is 2.29 bits per heavy atom. The van der Waals surface area contributed by atoms with E-state index in [-0.39, 0.29) is 0 Å². The monoisotopic (exact) mass is 236 g/mol. The summed E-state index contributed by atoms with van der Waals surface area (Å²) in [4.78, 5) is 8.56. The first kappa shape index (κ1) is 12.1. The SMILES string of the molecule is COc1cc(NC2CCCNC2C)nc(C)n1. The van der Waals surface area contributed by atoms with E-state index < -0.39 is 0 Å². The molecule has 0 saturated carbocycles. The van der Waals surface area contributed by atoms with Crippen LogP contribution in [-0.4, -0.2) is 35.7 Å². The molecule has 0 aromatic carbocycles. The molecule has 1 aromatic rings. The van der Waals surface area contributed by atoms with Crippen LogP contribution in [0.2, 0.25) is 0 Å². The summed E-state index contributed by atoms with van der Waals surface area (Å²) in [5.41, 5.74) is 0. The van der Waals surface area contributed by atoms with Gasteiger partial charge in [-0.1, -0.05) is 0 Å². The van der Waals surface area contributed by atoms with Crippen molar-refractivity contribution in [1.82, 2.24) is 15.3 Å². The molecule has 2 unspecified atom stereocenters. The maximum absolute atomic E-state index is 5.14. The molecule has 1 aliphatic heterocycles. The molecule has 2 rings (SSSR count). The number of nitrogens with one attached hydrogen (secondary N) is 2. The van der Waals surface area contributed by atoms with E-state index in [0.29, 0.717) is 18.0 Å². The maximum Gasteiger partial charge on any atom is 0.218 e. The Balaban J connectivity index is 2.09. The van der Waals surface area contributed by atoms with E-state index in [0.717, 1.165) is 18.2 Å². The van der Waals surface area contributed by atoms with Crippen molar-refractivity contribution in [3.63, 3.8) is 0 Å². The van der Waals surface area contributed by atoms with Gasteiger partial charge in [-0.3, -0.25) is 0 Å². The number of rotatable bonds is 3. The maximum atomic E-state index is 5.14. The molecule has 0 radical (unpaired) electrons. The third kappa shape index (κ3) is 3.06. The zero-order chi connectivity index (χ0) is 12.3. The lowest BCUT2D eigenvalue weighted by molar-refractivity contribution is 0.385. The largest absolute Gasteiger partial charge is 0.481 e. The number of ether oxygens (including phenoxy) is 1. The van der Waals surface area contributed by atoms with Gasteiger partial charge in [0.15, 0.2) is 0 Å². The molecule has 1 fully saturated rings. The highest BCUT2D eigenvalue weighted by molar-refractivity contribution is 5.39. The molecular formula is C12H20N4O. The van der Waals surface area contributed by atoms with Gasteiger partial charge in [-0.05, 0) is 33.2 Å². The lowest BCUT2D eigenvalue weighted by Crippen LogP contribution is -2.46. The van der Waals surface area contributed by atoms with Crippen LogP contribution in [0.4, 0.5) is 5.82 Å². The fourth-order valence-corrected chi connectivity index (χ4v) is 2.15. The van der Waals surface area contributed by atoms with Crippen LogP contribution in [0.3, 0.4) is 0 Å². The minimum atomic E-state index is 0.419. The van der Waals surface area contributed by atoms with Gasteiger partial charge in [-0.15, -0.1) is 0 Å². The molecule has 1 aliphatic rings. The molecule has 0 amide bonds. The number of hydrogen-bond donors (Lipinski definition) is 2. The topological polar surface area (TPSA) is 59.1 Å². The van der Waals surface area contributed by atoms with Crippen molar-refractivity contribution in [2.45, 2.75) is 38.8 Å². The zero-order valence-corrected chi connectivity index (χ0v) is 10.7. The molecule has 1 aromatic heterocycles. The summed E-state index contributed by atoms with van der Waals surface area (Å²) < 4.78 is 5.14. The highest BCUT2D eigenvalue weighted by atomic mass is 16.5. The van der Waals surface area contributed by atoms with E-state index >= 15 is 0 Å². The van der Waals surface area contributed by atoms with Gasteiger partial charge in [0, 0.05) is 18.2 Å². The molecule has 2 N–H and O–H groups in total. The summed E-state index contributed by atoms with van der Waals surface area (Å²) in [5.74, 6) is 2.18. The first-order valence-corrected chi connectivity index (χ1v) is 6.08. The van der Waals surface area contributed by atoms with Crippen LogP contribution in [0, 0.1) is 6.92 Å². The predicted octanol–water partition coefficient (Wildman–Crippen LogP) is 1.35. The predicted molar refractivity (Wildman–Crippen MR) is 67.4 cm³/mol. The van der Waals surface area contributed by atoms with Gasteiger partial charge in [0.25, 0.3) is 0 Å². The number of piperidine rings is 1. The number of aromatic nitrogens is 2. The molecule has 94 valence electrons. The van der Waals surface area contributed by atoms with Crippen LogP contribution in [0.25, 0.3) is 0 Å². The minimum absolute atomic E-state index is 0.419. The van der Waals surface area contributed by atoms with Crippen molar-refractivity contribution < 1.29 is 4.74 Å². The summed E-state index contributed by atoms with van der Waals surface area (Å²) >= 11 is 0. The molecule has 17 heavy (non-hydrogen) atoms. The van der Waals surface area contributed by atoms with Crippen LogP contribution in [0.1, 0.15) is 25.6 Å². The Morgan fingerprint density at radius 1 is 1.47 bits per heavy atom. The van der Waals surface area contributed by atoms with Crippen LogP contribution in [0.15, 0.2) is 6.07 Å². The summed E-state index contributed by atoms with van der Waals surface area (Å²) in [6.45, 7) is 5.17. The molecule has 0 spiro atoms. The van der Waals surface area contributed by atoms with Gasteiger partial charge in [0.05, 0.1) is 7.11 Å². The third-order valence-corrected chi connectivity index (χ3v) is 3.12. The molecule has 5 heteroatoms. The Bertz CT molecular complexity index is 383. The summed E-state index contributed by atoms with van der Waals surface area (Å²) in [6.07, 6.45) is 2.36. The number of hydrogen-bond acceptors (Lipinski definition) is 5. The van der Waals surface area contributed by atoms with Gasteiger partial charge in [0.2, 0.25) is 5.88 Å². The first-order valence-electron chi connectivity index (χ1n) is 6.08. The van der Waals surface area contributed by atoms with Crippen molar-refractivity contribution in [2.24, 2.45) is 0 Å². The molecule has 2 atom stereocenters. The second kappa shape index (κ2) is 5.31. The second-order valence-electron chi connectivity index (χ2n) is 4.48. The summed E-state index contributed by atoms with van der Waals surface area (Å²) in [6, 6.07) is 2.72. The Labute approximate surface area is 102 Å². The first-order chi connectivity index (χ1) is 8.19. The molecule has 5 nitrogen and oxygen atoms in total. The Hall–Kier alpha value is -1.36. The number of nitrogens with zero attached hydrogens (tertiary/aromatic N) is 2. The highest BCUT2D eigenvalue weighted by Gasteiger charge is 2.21. The highest BCUT2D eigenvalue weighted by Crippen LogP contribution is 2.17. The fraction of sp³-hybridized carbons (Fsp3) is 0.667. The van der Waals surface area contributed by atoms with Crippen molar-refractivity contribution in [2.75, 3.05) is 19.0 Å². The lowest BCUT2D eigenvalue weighted by atomic mass is 10.00. The molecule has 1 saturated heterocycles. The van der Waals surface area contributed by atoms with E-state index in [1.54, 1.807) is 7.11 Å². The van der Waals surface area contributed by atoms with Gasteiger partial charge >= 0.3 is 0 Å². The van der Waals surface area contributed by atoms with Crippen LogP contribution in [0.5, 0.6) is 5.88 Å². The van der Waals surface area contributed by atoms with E-state index in [2.05, 4.69) is 27.5 Å².